The van der Waals surface area contributed by atoms with Crippen LogP contribution >= 0.6 is 15.9 Å². The second-order valence-corrected chi connectivity index (χ2v) is 5.70. The molecule has 0 amide bonds. The highest BCUT2D eigenvalue weighted by Gasteiger charge is 2.30. The Morgan fingerprint density at radius 2 is 2.39 bits per heavy atom. The third-order valence-corrected chi connectivity index (χ3v) is 4.46. The molecule has 3 rings (SSSR count). The van der Waals surface area contributed by atoms with Gasteiger partial charge in [0.2, 0.25) is 0 Å². The van der Waals surface area contributed by atoms with Crippen LogP contribution in [0.5, 0.6) is 0 Å². The fourth-order valence-corrected chi connectivity index (χ4v) is 3.19. The van der Waals surface area contributed by atoms with Gasteiger partial charge in [-0.2, -0.15) is 5.26 Å². The number of halogens is 1. The van der Waals surface area contributed by atoms with E-state index < -0.39 is 0 Å². The minimum Gasteiger partial charge on any atom is -0.310 e. The summed E-state index contributed by atoms with van der Waals surface area (Å²) in [5.74, 6) is 0.725. The molecule has 4 heteroatoms. The summed E-state index contributed by atoms with van der Waals surface area (Å²) in [6.07, 6.45) is 7.84. The number of nitrogens with zero attached hydrogens (tertiary/aromatic N) is 2. The number of hydrogen-bond donors (Lipinski definition) is 1. The molecule has 18 heavy (non-hydrogen) atoms. The van der Waals surface area contributed by atoms with E-state index in [0.717, 1.165) is 24.4 Å². The number of rotatable bonds is 1. The Morgan fingerprint density at radius 3 is 3.17 bits per heavy atom. The fourth-order valence-electron chi connectivity index (χ4n) is 2.89. The van der Waals surface area contributed by atoms with E-state index in [0.29, 0.717) is 16.2 Å². The van der Waals surface area contributed by atoms with Crippen molar-refractivity contribution in [1.82, 2.24) is 10.3 Å². The van der Waals surface area contributed by atoms with Crippen molar-refractivity contribution in [1.29, 1.82) is 5.26 Å². The van der Waals surface area contributed by atoms with Crippen LogP contribution in [0.3, 0.4) is 0 Å². The Morgan fingerprint density at radius 1 is 1.50 bits per heavy atom. The predicted molar refractivity (Wildman–Crippen MR) is 73.8 cm³/mol. The summed E-state index contributed by atoms with van der Waals surface area (Å²) in [4.78, 5) is 4.24. The van der Waals surface area contributed by atoms with Crippen molar-refractivity contribution in [2.45, 2.75) is 25.3 Å². The largest absolute Gasteiger partial charge is 0.310 e. The maximum Gasteiger partial charge on any atom is 0.123 e. The summed E-state index contributed by atoms with van der Waals surface area (Å²) in [5, 5.41) is 12.6. The molecular weight excluding hydrogens is 290 g/mol. The summed E-state index contributed by atoms with van der Waals surface area (Å²) >= 11 is 3.29. The molecule has 1 aromatic rings. The van der Waals surface area contributed by atoms with Gasteiger partial charge in [-0.1, -0.05) is 6.08 Å². The first-order chi connectivity index (χ1) is 8.78. The van der Waals surface area contributed by atoms with Crippen molar-refractivity contribution in [3.63, 3.8) is 0 Å². The standard InChI is InChI=1S/C14H14BrN3/c15-14-11(7-16)5-12(8-18-14)10-4-9-2-1-3-17-13(9)6-10/h5-6,8-9,13,17H,1-4H2. The van der Waals surface area contributed by atoms with Gasteiger partial charge in [0, 0.05) is 12.2 Å². The summed E-state index contributed by atoms with van der Waals surface area (Å²) in [7, 11) is 0. The smallest absolute Gasteiger partial charge is 0.123 e. The second kappa shape index (κ2) is 4.83. The maximum atomic E-state index is 9.04. The average molecular weight is 304 g/mol. The van der Waals surface area contributed by atoms with Gasteiger partial charge >= 0.3 is 0 Å². The number of nitriles is 1. The fraction of sp³-hybridized carbons (Fsp3) is 0.429. The highest BCUT2D eigenvalue weighted by molar-refractivity contribution is 9.10. The van der Waals surface area contributed by atoms with Gasteiger partial charge in [0.05, 0.1) is 5.56 Å². The molecule has 92 valence electrons. The first kappa shape index (κ1) is 11.9. The molecule has 2 unspecified atom stereocenters. The molecule has 0 spiro atoms. The van der Waals surface area contributed by atoms with Crippen molar-refractivity contribution < 1.29 is 0 Å². The molecule has 1 saturated heterocycles. The van der Waals surface area contributed by atoms with Gasteiger partial charge in [-0.25, -0.2) is 4.98 Å². The Hall–Kier alpha value is -1.18. The molecule has 1 aromatic heterocycles. The number of allylic oxidation sites excluding steroid dienone is 1. The summed E-state index contributed by atoms with van der Waals surface area (Å²) in [5.41, 5.74) is 3.03. The van der Waals surface area contributed by atoms with Crippen molar-refractivity contribution in [2.24, 2.45) is 5.92 Å². The van der Waals surface area contributed by atoms with Gasteiger partial charge in [-0.15, -0.1) is 0 Å². The van der Waals surface area contributed by atoms with Gasteiger partial charge in [0.1, 0.15) is 10.7 Å². The first-order valence-electron chi connectivity index (χ1n) is 6.28. The molecule has 1 N–H and O–H groups in total. The van der Waals surface area contributed by atoms with Gasteiger partial charge < -0.3 is 5.32 Å². The predicted octanol–water partition coefficient (Wildman–Crippen LogP) is 2.87. The second-order valence-electron chi connectivity index (χ2n) is 4.95. The minimum absolute atomic E-state index is 0.517. The lowest BCUT2D eigenvalue weighted by Gasteiger charge is -2.25. The molecule has 0 radical (unpaired) electrons. The average Bonchev–Trinajstić information content (AvgIpc) is 2.83. The van der Waals surface area contributed by atoms with E-state index in [1.165, 1.54) is 18.4 Å². The summed E-state index contributed by atoms with van der Waals surface area (Å²) < 4.78 is 0.628. The Bertz CT molecular complexity index is 544. The molecule has 1 aliphatic carbocycles. The van der Waals surface area contributed by atoms with E-state index >= 15 is 0 Å². The molecule has 0 bridgehead atoms. The van der Waals surface area contributed by atoms with E-state index in [1.807, 2.05) is 12.3 Å². The van der Waals surface area contributed by atoms with Gasteiger partial charge in [0.25, 0.3) is 0 Å². The zero-order valence-electron chi connectivity index (χ0n) is 9.99. The number of piperidine rings is 1. The van der Waals surface area contributed by atoms with Crippen molar-refractivity contribution in [3.05, 3.63) is 34.1 Å². The maximum absolute atomic E-state index is 9.04. The third-order valence-electron chi connectivity index (χ3n) is 3.83. The molecule has 1 aliphatic heterocycles. The van der Waals surface area contributed by atoms with Crippen molar-refractivity contribution in [2.75, 3.05) is 6.54 Å². The van der Waals surface area contributed by atoms with Crippen LogP contribution in [-0.2, 0) is 0 Å². The Kier molecular flexibility index (Phi) is 3.19. The lowest BCUT2D eigenvalue weighted by molar-refractivity contribution is 0.341. The van der Waals surface area contributed by atoms with Crippen LogP contribution in [0.1, 0.15) is 30.4 Å². The highest BCUT2D eigenvalue weighted by atomic mass is 79.9. The molecule has 2 atom stereocenters. The molecule has 0 aromatic carbocycles. The van der Waals surface area contributed by atoms with Gasteiger partial charge in [-0.05, 0) is 64.9 Å². The van der Waals surface area contributed by atoms with Crippen molar-refractivity contribution >= 4 is 21.5 Å². The molecule has 2 heterocycles. The highest BCUT2D eigenvalue weighted by Crippen LogP contribution is 2.37. The van der Waals surface area contributed by atoms with Crippen LogP contribution in [0, 0.1) is 17.2 Å². The van der Waals surface area contributed by atoms with Gasteiger partial charge in [-0.3, -0.25) is 0 Å². The molecular formula is C14H14BrN3. The van der Waals surface area contributed by atoms with Gasteiger partial charge in [0.15, 0.2) is 0 Å². The molecule has 3 nitrogen and oxygen atoms in total. The van der Waals surface area contributed by atoms with Crippen LogP contribution < -0.4 is 5.32 Å². The Labute approximate surface area is 115 Å². The molecule has 0 saturated carbocycles. The SMILES string of the molecule is N#Cc1cc(C2=CC3NCCCC3C2)cnc1Br. The van der Waals surface area contributed by atoms with Crippen LogP contribution in [0.4, 0.5) is 0 Å². The minimum atomic E-state index is 0.517. The van der Waals surface area contributed by atoms with E-state index in [2.05, 4.69) is 38.4 Å². The van der Waals surface area contributed by atoms with Crippen LogP contribution in [0.2, 0.25) is 0 Å². The van der Waals surface area contributed by atoms with E-state index in [9.17, 15) is 0 Å². The zero-order valence-corrected chi connectivity index (χ0v) is 11.6. The number of nitrogens with one attached hydrogen (secondary N) is 1. The topological polar surface area (TPSA) is 48.7 Å². The lowest BCUT2D eigenvalue weighted by Crippen LogP contribution is -2.37. The number of pyridine rings is 1. The van der Waals surface area contributed by atoms with Crippen molar-refractivity contribution in [3.8, 4) is 6.07 Å². The number of hydrogen-bond acceptors (Lipinski definition) is 3. The first-order valence-corrected chi connectivity index (χ1v) is 7.07. The summed E-state index contributed by atoms with van der Waals surface area (Å²) in [6, 6.07) is 4.62. The lowest BCUT2D eigenvalue weighted by atomic mass is 9.92. The van der Waals surface area contributed by atoms with Crippen LogP contribution in [0.15, 0.2) is 22.9 Å². The third kappa shape index (κ3) is 2.09. The van der Waals surface area contributed by atoms with Crippen LogP contribution in [-0.4, -0.2) is 17.6 Å². The normalized spacial score (nSPS) is 26.3. The zero-order chi connectivity index (χ0) is 12.5. The van der Waals surface area contributed by atoms with E-state index in [1.54, 1.807) is 0 Å². The van der Waals surface area contributed by atoms with E-state index in [4.69, 9.17) is 5.26 Å². The number of fused-ring (bicyclic) bond motifs is 1. The molecule has 2 aliphatic rings. The van der Waals surface area contributed by atoms with Crippen LogP contribution in [0.25, 0.3) is 5.57 Å². The molecule has 1 fully saturated rings. The quantitative estimate of drug-likeness (QED) is 0.812. The number of aromatic nitrogens is 1. The monoisotopic (exact) mass is 303 g/mol. The Balaban J connectivity index is 1.90. The summed E-state index contributed by atoms with van der Waals surface area (Å²) in [6.45, 7) is 1.12. The van der Waals surface area contributed by atoms with E-state index in [-0.39, 0.29) is 0 Å².